The van der Waals surface area contributed by atoms with Crippen LogP contribution in [0.1, 0.15) is 46.0 Å². The smallest absolute Gasteiger partial charge is 0.0576 e. The molecule has 1 saturated heterocycles. The molecule has 0 aliphatic carbocycles. The highest BCUT2D eigenvalue weighted by Gasteiger charge is 2.15. The van der Waals surface area contributed by atoms with Gasteiger partial charge in [-0.1, -0.05) is 13.8 Å². The Morgan fingerprint density at radius 3 is 2.71 bits per heavy atom. The van der Waals surface area contributed by atoms with E-state index in [4.69, 9.17) is 10.5 Å². The molecule has 0 aromatic heterocycles. The van der Waals surface area contributed by atoms with Gasteiger partial charge in [-0.3, -0.25) is 0 Å². The van der Waals surface area contributed by atoms with Crippen molar-refractivity contribution in [3.63, 3.8) is 0 Å². The van der Waals surface area contributed by atoms with Gasteiger partial charge in [0.2, 0.25) is 0 Å². The van der Waals surface area contributed by atoms with Gasteiger partial charge in [-0.05, 0) is 58.2 Å². The van der Waals surface area contributed by atoms with E-state index in [0.29, 0.717) is 18.1 Å². The van der Waals surface area contributed by atoms with Crippen LogP contribution in [-0.2, 0) is 4.74 Å². The molecule has 1 aliphatic heterocycles. The fourth-order valence-electron chi connectivity index (χ4n) is 2.28. The van der Waals surface area contributed by atoms with Gasteiger partial charge in [0.25, 0.3) is 0 Å². The summed E-state index contributed by atoms with van der Waals surface area (Å²) < 4.78 is 5.63. The van der Waals surface area contributed by atoms with Crippen molar-refractivity contribution < 1.29 is 4.74 Å². The van der Waals surface area contributed by atoms with Gasteiger partial charge < -0.3 is 15.4 Å². The van der Waals surface area contributed by atoms with Crippen LogP contribution < -0.4 is 5.73 Å². The average Bonchev–Trinajstić information content (AvgIpc) is 2.78. The highest BCUT2D eigenvalue weighted by molar-refractivity contribution is 4.68. The summed E-state index contributed by atoms with van der Waals surface area (Å²) >= 11 is 0. The van der Waals surface area contributed by atoms with E-state index < -0.39 is 0 Å². The maximum absolute atomic E-state index is 6.05. The lowest BCUT2D eigenvalue weighted by molar-refractivity contribution is 0.0996. The molecule has 1 aliphatic rings. The van der Waals surface area contributed by atoms with E-state index in [2.05, 4.69) is 25.8 Å². The zero-order valence-corrected chi connectivity index (χ0v) is 11.8. The zero-order valence-electron chi connectivity index (χ0n) is 11.8. The topological polar surface area (TPSA) is 38.5 Å². The molecule has 17 heavy (non-hydrogen) atoms. The fourth-order valence-corrected chi connectivity index (χ4v) is 2.28. The van der Waals surface area contributed by atoms with E-state index >= 15 is 0 Å². The molecule has 0 aromatic carbocycles. The van der Waals surface area contributed by atoms with Crippen LogP contribution in [0.15, 0.2) is 0 Å². The Bertz CT molecular complexity index is 191. The summed E-state index contributed by atoms with van der Waals surface area (Å²) in [4.78, 5) is 2.40. The van der Waals surface area contributed by atoms with Gasteiger partial charge in [-0.25, -0.2) is 0 Å². The second-order valence-corrected chi connectivity index (χ2v) is 5.78. The summed E-state index contributed by atoms with van der Waals surface area (Å²) in [6.45, 7) is 7.66. The minimum Gasteiger partial charge on any atom is -0.378 e. The number of rotatable bonds is 8. The average molecular weight is 242 g/mol. The van der Waals surface area contributed by atoms with E-state index in [1.807, 2.05) is 0 Å². The van der Waals surface area contributed by atoms with Crippen molar-refractivity contribution in [2.75, 3.05) is 26.7 Å². The number of nitrogens with two attached hydrogens (primary N) is 1. The van der Waals surface area contributed by atoms with Gasteiger partial charge in [0.05, 0.1) is 6.10 Å². The Morgan fingerprint density at radius 2 is 2.12 bits per heavy atom. The predicted molar refractivity (Wildman–Crippen MR) is 73.1 cm³/mol. The summed E-state index contributed by atoms with van der Waals surface area (Å²) in [6, 6.07) is 0.343. The SMILES string of the molecule is CC(C)C(N)CCN(C)CCCC1CCCO1. The van der Waals surface area contributed by atoms with Crippen molar-refractivity contribution in [3.05, 3.63) is 0 Å². The molecule has 1 rings (SSSR count). The number of hydrogen-bond acceptors (Lipinski definition) is 3. The van der Waals surface area contributed by atoms with Crippen LogP contribution in [0.25, 0.3) is 0 Å². The van der Waals surface area contributed by atoms with Crippen LogP contribution in [-0.4, -0.2) is 43.8 Å². The van der Waals surface area contributed by atoms with E-state index in [0.717, 1.165) is 19.6 Å². The standard InChI is InChI=1S/C14H30N2O/c1-12(2)14(15)8-10-16(3)9-4-6-13-7-5-11-17-13/h12-14H,4-11,15H2,1-3H3. The maximum Gasteiger partial charge on any atom is 0.0576 e. The number of ether oxygens (including phenoxy) is 1. The van der Waals surface area contributed by atoms with Crippen LogP contribution in [0.4, 0.5) is 0 Å². The van der Waals surface area contributed by atoms with E-state index in [1.165, 1.54) is 32.2 Å². The summed E-state index contributed by atoms with van der Waals surface area (Å²) in [5, 5.41) is 0. The summed E-state index contributed by atoms with van der Waals surface area (Å²) in [5.41, 5.74) is 6.05. The van der Waals surface area contributed by atoms with Crippen molar-refractivity contribution in [2.24, 2.45) is 11.7 Å². The van der Waals surface area contributed by atoms with Gasteiger partial charge in [-0.15, -0.1) is 0 Å². The molecule has 2 atom stereocenters. The maximum atomic E-state index is 6.05. The first-order valence-corrected chi connectivity index (χ1v) is 7.15. The van der Waals surface area contributed by atoms with E-state index in [9.17, 15) is 0 Å². The van der Waals surface area contributed by atoms with Gasteiger partial charge in [0.15, 0.2) is 0 Å². The lowest BCUT2D eigenvalue weighted by Crippen LogP contribution is -2.32. The summed E-state index contributed by atoms with van der Waals surface area (Å²) in [5.74, 6) is 0.593. The van der Waals surface area contributed by atoms with E-state index in [1.54, 1.807) is 0 Å². The monoisotopic (exact) mass is 242 g/mol. The zero-order chi connectivity index (χ0) is 12.7. The molecule has 0 bridgehead atoms. The molecular formula is C14H30N2O. The van der Waals surface area contributed by atoms with Gasteiger partial charge in [0.1, 0.15) is 0 Å². The molecule has 3 nitrogen and oxygen atoms in total. The van der Waals surface area contributed by atoms with Crippen LogP contribution in [0, 0.1) is 5.92 Å². The van der Waals surface area contributed by atoms with Crippen LogP contribution >= 0.6 is 0 Å². The first-order valence-electron chi connectivity index (χ1n) is 7.15. The van der Waals surface area contributed by atoms with Crippen molar-refractivity contribution >= 4 is 0 Å². The normalized spacial score (nSPS) is 22.6. The molecule has 102 valence electrons. The minimum absolute atomic E-state index is 0.343. The lowest BCUT2D eigenvalue weighted by Gasteiger charge is -2.21. The molecule has 1 fully saturated rings. The Balaban J connectivity index is 1.98. The third-order valence-electron chi connectivity index (χ3n) is 3.79. The van der Waals surface area contributed by atoms with E-state index in [-0.39, 0.29) is 0 Å². The Kier molecular flexibility index (Phi) is 7.09. The second-order valence-electron chi connectivity index (χ2n) is 5.78. The van der Waals surface area contributed by atoms with Crippen LogP contribution in [0.5, 0.6) is 0 Å². The first kappa shape index (κ1) is 14.9. The Hall–Kier alpha value is -0.120. The molecule has 2 unspecified atom stereocenters. The summed E-state index contributed by atoms with van der Waals surface area (Å²) in [6.07, 6.45) is 6.64. The molecule has 2 N–H and O–H groups in total. The highest BCUT2D eigenvalue weighted by atomic mass is 16.5. The molecule has 1 heterocycles. The molecular weight excluding hydrogens is 212 g/mol. The molecule has 3 heteroatoms. The van der Waals surface area contributed by atoms with Crippen molar-refractivity contribution in [1.29, 1.82) is 0 Å². The highest BCUT2D eigenvalue weighted by Crippen LogP contribution is 2.16. The molecule has 0 radical (unpaired) electrons. The van der Waals surface area contributed by atoms with Crippen molar-refractivity contribution in [3.8, 4) is 0 Å². The Morgan fingerprint density at radius 1 is 1.35 bits per heavy atom. The summed E-state index contributed by atoms with van der Waals surface area (Å²) in [7, 11) is 2.20. The predicted octanol–water partition coefficient (Wildman–Crippen LogP) is 2.25. The van der Waals surface area contributed by atoms with Crippen LogP contribution in [0.3, 0.4) is 0 Å². The first-order chi connectivity index (χ1) is 8.09. The van der Waals surface area contributed by atoms with Gasteiger partial charge >= 0.3 is 0 Å². The minimum atomic E-state index is 0.343. The van der Waals surface area contributed by atoms with Gasteiger partial charge in [-0.2, -0.15) is 0 Å². The third kappa shape index (κ3) is 6.39. The molecule has 0 aromatic rings. The third-order valence-corrected chi connectivity index (χ3v) is 3.79. The molecule has 0 spiro atoms. The molecule has 0 amide bonds. The van der Waals surface area contributed by atoms with Crippen molar-refractivity contribution in [2.45, 2.75) is 58.1 Å². The molecule has 0 saturated carbocycles. The van der Waals surface area contributed by atoms with Gasteiger partial charge in [0, 0.05) is 12.6 Å². The second kappa shape index (κ2) is 8.06. The van der Waals surface area contributed by atoms with Crippen LogP contribution in [0.2, 0.25) is 0 Å². The number of nitrogens with zero attached hydrogens (tertiary/aromatic N) is 1. The fraction of sp³-hybridized carbons (Fsp3) is 1.00. The number of hydrogen-bond donors (Lipinski definition) is 1. The Labute approximate surface area is 107 Å². The van der Waals surface area contributed by atoms with Crippen molar-refractivity contribution in [1.82, 2.24) is 4.90 Å². The quantitative estimate of drug-likeness (QED) is 0.709. The lowest BCUT2D eigenvalue weighted by atomic mass is 10.0. The largest absolute Gasteiger partial charge is 0.378 e.